The van der Waals surface area contributed by atoms with Gasteiger partial charge in [0.1, 0.15) is 11.4 Å². The lowest BCUT2D eigenvalue weighted by Gasteiger charge is -2.36. The highest BCUT2D eigenvalue weighted by Crippen LogP contribution is 2.34. The Morgan fingerprint density at radius 3 is 2.46 bits per heavy atom. The number of hydrogen-bond acceptors (Lipinski definition) is 4. The largest absolute Gasteiger partial charge is 0.480 e. The fraction of sp³-hybridized carbons (Fsp3) is 0.375. The van der Waals surface area contributed by atoms with Crippen LogP contribution < -0.4 is 10.2 Å². The van der Waals surface area contributed by atoms with Crippen molar-refractivity contribution in [2.24, 2.45) is 0 Å². The summed E-state index contributed by atoms with van der Waals surface area (Å²) in [5.74, 6) is -1.94. The number of thiocarbonyl (C=S) groups is 1. The van der Waals surface area contributed by atoms with E-state index in [4.69, 9.17) is 17.5 Å². The number of hydrogen-bond donors (Lipinski definition) is 2. The van der Waals surface area contributed by atoms with Crippen LogP contribution in [0.15, 0.2) is 24.3 Å². The zero-order valence-electron chi connectivity index (χ0n) is 19.0. The van der Waals surface area contributed by atoms with E-state index in [1.54, 1.807) is 0 Å². The normalized spacial score (nSPS) is 14.2. The fourth-order valence-corrected chi connectivity index (χ4v) is 4.18. The van der Waals surface area contributed by atoms with Crippen LogP contribution in [-0.4, -0.2) is 39.7 Å². The number of carboxylic acid groups (broad SMARTS) is 1. The van der Waals surface area contributed by atoms with Gasteiger partial charge in [0.2, 0.25) is 0 Å². The van der Waals surface area contributed by atoms with Gasteiger partial charge in [-0.25, -0.2) is 9.18 Å². The van der Waals surface area contributed by atoms with E-state index in [1.165, 1.54) is 26.0 Å². The van der Waals surface area contributed by atoms with E-state index < -0.39 is 34.6 Å². The zero-order chi connectivity index (χ0) is 26.0. The van der Waals surface area contributed by atoms with Crippen molar-refractivity contribution in [3.8, 4) is 6.07 Å². The van der Waals surface area contributed by atoms with Crippen molar-refractivity contribution in [1.82, 2.24) is 4.90 Å². The van der Waals surface area contributed by atoms with Gasteiger partial charge < -0.3 is 10.4 Å². The Morgan fingerprint density at radius 2 is 1.91 bits per heavy atom. The number of halogens is 4. The van der Waals surface area contributed by atoms with Gasteiger partial charge in [0.05, 0.1) is 28.4 Å². The number of nitrogens with one attached hydrogen (secondary N) is 1. The Hall–Kier alpha value is -3.41. The quantitative estimate of drug-likeness (QED) is 0.423. The summed E-state index contributed by atoms with van der Waals surface area (Å²) < 4.78 is 55.0. The van der Waals surface area contributed by atoms with Crippen LogP contribution in [0.3, 0.4) is 0 Å². The topological polar surface area (TPSA) is 79.6 Å². The molecule has 11 heteroatoms. The number of aliphatic carboxylic acids is 1. The first-order valence-corrected chi connectivity index (χ1v) is 11.1. The molecule has 1 aliphatic rings. The molecule has 6 nitrogen and oxygen atoms in total. The first-order chi connectivity index (χ1) is 16.3. The number of benzene rings is 1. The lowest BCUT2D eigenvalue weighted by molar-refractivity contribution is -0.141. The molecule has 0 aromatic heterocycles. The molecule has 3 rings (SSSR count). The molecule has 35 heavy (non-hydrogen) atoms. The summed E-state index contributed by atoms with van der Waals surface area (Å²) in [4.78, 5) is 15.1. The molecule has 1 saturated heterocycles. The van der Waals surface area contributed by atoms with Crippen molar-refractivity contribution in [2.45, 2.75) is 44.9 Å². The highest BCUT2D eigenvalue weighted by molar-refractivity contribution is 7.80. The highest BCUT2D eigenvalue weighted by atomic mass is 32.1. The summed E-state index contributed by atoms with van der Waals surface area (Å²) in [5.41, 5.74) is -3.38. The summed E-state index contributed by atoms with van der Waals surface area (Å²) in [6, 6.07) is 11.0. The predicted molar refractivity (Wildman–Crippen MR) is 125 cm³/mol. The molecule has 1 heterocycles. The minimum Gasteiger partial charge on any atom is -0.480 e. The van der Waals surface area contributed by atoms with Gasteiger partial charge in [-0.15, -0.1) is 0 Å². The van der Waals surface area contributed by atoms with Crippen molar-refractivity contribution < 1.29 is 27.5 Å². The van der Waals surface area contributed by atoms with Crippen LogP contribution in [0.1, 0.15) is 43.4 Å². The van der Waals surface area contributed by atoms with Crippen molar-refractivity contribution in [3.63, 3.8) is 0 Å². The molecule has 0 saturated carbocycles. The van der Waals surface area contributed by atoms with Gasteiger partial charge in [-0.2, -0.15) is 18.4 Å². The van der Waals surface area contributed by atoms with Gasteiger partial charge in [-0.3, -0.25) is 9.80 Å². The van der Waals surface area contributed by atoms with Crippen molar-refractivity contribution >= 4 is 34.7 Å². The lowest BCUT2D eigenvalue weighted by atomic mass is 10.0. The van der Waals surface area contributed by atoms with Gasteiger partial charge in [0.25, 0.3) is 0 Å². The maximum Gasteiger partial charge on any atom is 0.417 e. The Bertz CT molecular complexity index is 1170. The second-order valence-electron chi connectivity index (χ2n) is 8.59. The minimum absolute atomic E-state index is 0.0535. The molecule has 0 aliphatic carbocycles. The van der Waals surface area contributed by atoms with Crippen LogP contribution >= 0.6 is 12.2 Å². The van der Waals surface area contributed by atoms with E-state index in [0.717, 1.165) is 43.0 Å². The van der Waals surface area contributed by atoms with Crippen LogP contribution in [0.5, 0.6) is 0 Å². The van der Waals surface area contributed by atoms with Crippen molar-refractivity contribution in [1.29, 1.82) is 5.26 Å². The number of nitrogens with zero attached hydrogens (tertiary/aromatic N) is 3. The van der Waals surface area contributed by atoms with Gasteiger partial charge in [0.15, 0.2) is 5.11 Å². The highest BCUT2D eigenvalue weighted by Gasteiger charge is 2.39. The molecule has 0 atom stereocenters. The number of likely N-dealkylation sites (tertiary alicyclic amines) is 1. The molecule has 2 N–H and O–H groups in total. The zero-order valence-corrected chi connectivity index (χ0v) is 19.8. The fourth-order valence-electron chi connectivity index (χ4n) is 3.74. The van der Waals surface area contributed by atoms with Crippen molar-refractivity contribution in [2.75, 3.05) is 23.3 Å². The average Bonchev–Trinajstić information content (AvgIpc) is 3.28. The Balaban J connectivity index is 1.95. The van der Waals surface area contributed by atoms with E-state index >= 15 is 0 Å². The van der Waals surface area contributed by atoms with E-state index in [1.807, 2.05) is 0 Å². The Kier molecular flexibility index (Phi) is 7.53. The smallest absolute Gasteiger partial charge is 0.417 e. The van der Waals surface area contributed by atoms with Crippen LogP contribution in [0.25, 0.3) is 0 Å². The van der Waals surface area contributed by atoms with E-state index in [-0.39, 0.29) is 22.1 Å². The number of nitriles is 1. The summed E-state index contributed by atoms with van der Waals surface area (Å²) in [5, 5.41) is 21.0. The molecule has 184 valence electrons. The number of alkyl halides is 3. The molecule has 1 aliphatic heterocycles. The lowest BCUT2D eigenvalue weighted by Crippen LogP contribution is -2.54. The minimum atomic E-state index is -4.79. The summed E-state index contributed by atoms with van der Waals surface area (Å²) >= 11 is 5.34. The molecule has 1 fully saturated rings. The summed E-state index contributed by atoms with van der Waals surface area (Å²) in [6.45, 7) is 4.64. The van der Waals surface area contributed by atoms with Gasteiger partial charge in [0, 0.05) is 18.3 Å². The van der Waals surface area contributed by atoms with E-state index in [9.17, 15) is 27.5 Å². The number of carbonyl (C=O) groups is 1. The standard InChI is InChI=1S/C24H22F4N4O2S/c1-23(2,21(33)34)32(18-8-6-16(20(25)12-18)14-31-9-3-4-10-31)22(35)30-17-7-5-15(13-29)19(11-17)24(26,27)28/h5,7,11-12H,3-4,9-10,14H2,1-2H3,(H,30,35)(H,33,34). The van der Waals surface area contributed by atoms with Crippen LogP contribution in [0.2, 0.25) is 0 Å². The first kappa shape index (κ1) is 26.2. The third-order valence-electron chi connectivity index (χ3n) is 5.70. The first-order valence-electron chi connectivity index (χ1n) is 10.6. The van der Waals surface area contributed by atoms with E-state index in [2.05, 4.69) is 22.3 Å². The second-order valence-corrected chi connectivity index (χ2v) is 8.98. The van der Waals surface area contributed by atoms with Crippen LogP contribution in [0, 0.1) is 29.3 Å². The molecule has 0 unspecified atom stereocenters. The maximum atomic E-state index is 14.9. The number of carboxylic acids is 1. The molecular weight excluding hydrogens is 484 g/mol. The molecule has 2 aromatic rings. The molecule has 0 amide bonds. The second kappa shape index (κ2) is 10.1. The number of rotatable bonds is 6. The van der Waals surface area contributed by atoms with Crippen molar-refractivity contribution in [3.05, 3.63) is 58.9 Å². The average molecular weight is 507 g/mol. The predicted octanol–water partition coefficient (Wildman–Crippen LogP) is 4.98. The summed E-state index contributed by atoms with van der Waals surface area (Å²) in [6.07, 6.45) is -2.74. The van der Waals surface area contributed by atoms with Crippen LogP contribution in [-0.2, 0) is 17.5 Å². The molecule has 0 spiro atoms. The Morgan fingerprint density at radius 1 is 1.26 bits per heavy atom. The molecule has 2 aromatic carbocycles. The Labute approximate surface area is 205 Å². The molecule has 0 radical (unpaired) electrons. The summed E-state index contributed by atoms with van der Waals surface area (Å²) in [7, 11) is 0. The maximum absolute atomic E-state index is 14.9. The third kappa shape index (κ3) is 5.81. The van der Waals surface area contributed by atoms with E-state index in [0.29, 0.717) is 12.6 Å². The SMILES string of the molecule is CC(C)(C(=O)O)N(C(=S)Nc1ccc(C#N)c(C(F)(F)F)c1)c1c#cc(CN2CCCC2)c(F)c1. The van der Waals surface area contributed by atoms with Gasteiger partial charge >= 0.3 is 12.1 Å². The van der Waals surface area contributed by atoms with Crippen LogP contribution in [0.4, 0.5) is 28.9 Å². The van der Waals surface area contributed by atoms with Gasteiger partial charge in [-0.05, 0) is 76.3 Å². The third-order valence-corrected chi connectivity index (χ3v) is 5.98. The molecule has 0 bridgehead atoms. The van der Waals surface area contributed by atoms with Gasteiger partial charge in [-0.1, -0.05) is 6.07 Å². The monoisotopic (exact) mass is 506 g/mol. The number of anilines is 2. The molecular formula is C24H22F4N4O2S.